The molecule has 8 nitrogen and oxygen atoms in total. The van der Waals surface area contributed by atoms with Crippen molar-refractivity contribution >= 4 is 10.0 Å². The molecule has 0 saturated heterocycles. The number of imidazole rings is 1. The molecule has 28 heavy (non-hydrogen) atoms. The number of aryl methyl sites for hydroxylation is 2. The van der Waals surface area contributed by atoms with Crippen LogP contribution in [0.5, 0.6) is 11.5 Å². The highest BCUT2D eigenvalue weighted by Crippen LogP contribution is 2.33. The fourth-order valence-corrected chi connectivity index (χ4v) is 4.48. The van der Waals surface area contributed by atoms with Crippen LogP contribution in [0.4, 0.5) is 0 Å². The largest absolute Gasteiger partial charge is 0.493 e. The number of ether oxygens (including phenoxy) is 2. The Bertz CT molecular complexity index is 920. The number of sulfonamides is 1. The van der Waals surface area contributed by atoms with Gasteiger partial charge in [0.2, 0.25) is 0 Å². The number of nitrogens with one attached hydrogen (secondary N) is 1. The summed E-state index contributed by atoms with van der Waals surface area (Å²) in [6, 6.07) is 4.08. The lowest BCUT2D eigenvalue weighted by atomic mass is 9.98. The molecule has 0 radical (unpaired) electrons. The Morgan fingerprint density at radius 2 is 1.86 bits per heavy atom. The molecule has 0 unspecified atom stereocenters. The first-order valence-electron chi connectivity index (χ1n) is 9.30. The van der Waals surface area contributed by atoms with Gasteiger partial charge in [0.1, 0.15) is 5.82 Å². The number of fused-ring (bicyclic) bond motifs is 1. The Morgan fingerprint density at radius 1 is 1.18 bits per heavy atom. The van der Waals surface area contributed by atoms with E-state index in [1.165, 1.54) is 17.3 Å². The maximum absolute atomic E-state index is 12.3. The molecule has 1 N–H and O–H groups in total. The third-order valence-corrected chi connectivity index (χ3v) is 6.43. The molecule has 9 heteroatoms. The van der Waals surface area contributed by atoms with Gasteiger partial charge in [0.05, 0.1) is 14.2 Å². The summed E-state index contributed by atoms with van der Waals surface area (Å²) in [6.07, 6.45) is 3.20. The average molecular weight is 409 g/mol. The minimum absolute atomic E-state index is 0.0699. The van der Waals surface area contributed by atoms with Crippen molar-refractivity contribution < 1.29 is 17.9 Å². The lowest BCUT2D eigenvalue weighted by Crippen LogP contribution is -2.34. The summed E-state index contributed by atoms with van der Waals surface area (Å²) in [5.74, 6) is 2.16. The lowest BCUT2D eigenvalue weighted by molar-refractivity contribution is 0.250. The number of hydrogen-bond donors (Lipinski definition) is 1. The topological polar surface area (TPSA) is 85.7 Å². The third-order valence-electron chi connectivity index (χ3n) is 5.10. The van der Waals surface area contributed by atoms with E-state index in [9.17, 15) is 8.42 Å². The number of hydrogen-bond acceptors (Lipinski definition) is 6. The molecule has 0 amide bonds. The summed E-state index contributed by atoms with van der Waals surface area (Å²) in [4.78, 5) is 6.41. The van der Waals surface area contributed by atoms with Gasteiger partial charge in [-0.25, -0.2) is 18.1 Å². The molecule has 3 rings (SSSR count). The lowest BCUT2D eigenvalue weighted by Gasteiger charge is -2.29. The van der Waals surface area contributed by atoms with E-state index in [2.05, 4.69) is 20.7 Å². The van der Waals surface area contributed by atoms with Crippen LogP contribution in [-0.4, -0.2) is 56.7 Å². The zero-order valence-electron chi connectivity index (χ0n) is 16.9. The van der Waals surface area contributed by atoms with Crippen molar-refractivity contribution in [3.63, 3.8) is 0 Å². The second-order valence-corrected chi connectivity index (χ2v) is 8.70. The minimum atomic E-state index is -3.56. The monoisotopic (exact) mass is 408 g/mol. The van der Waals surface area contributed by atoms with E-state index >= 15 is 0 Å². The highest BCUT2D eigenvalue weighted by Gasteiger charge is 2.20. The number of benzene rings is 1. The maximum Gasteiger partial charge on any atom is 0.259 e. The Balaban J connectivity index is 1.52. The molecule has 0 aliphatic carbocycles. The molecule has 0 fully saturated rings. The van der Waals surface area contributed by atoms with Crippen LogP contribution in [0.2, 0.25) is 0 Å². The number of methoxy groups -OCH3 is 2. The molecular formula is C19H28N4O4S. The molecule has 1 aromatic heterocycles. The van der Waals surface area contributed by atoms with Crippen molar-refractivity contribution in [2.45, 2.75) is 31.3 Å². The first kappa shape index (κ1) is 20.6. The van der Waals surface area contributed by atoms with Gasteiger partial charge >= 0.3 is 0 Å². The highest BCUT2D eigenvalue weighted by molar-refractivity contribution is 7.89. The first-order valence-corrected chi connectivity index (χ1v) is 10.8. The van der Waals surface area contributed by atoms with E-state index in [-0.39, 0.29) is 5.03 Å². The zero-order valence-corrected chi connectivity index (χ0v) is 17.7. The molecule has 1 aliphatic rings. The molecule has 2 heterocycles. The third kappa shape index (κ3) is 4.48. The standard InChI is InChI=1S/C19H28N4O4S/c1-14-21-19(13-22(14)2)28(24,25)20-7-5-8-23-9-6-15-10-17(26-3)18(27-4)11-16(15)12-23/h10-11,13,20H,5-9,12H2,1-4H3. The van der Waals surface area contributed by atoms with Crippen molar-refractivity contribution in [1.82, 2.24) is 19.2 Å². The van der Waals surface area contributed by atoms with Gasteiger partial charge in [-0.3, -0.25) is 4.90 Å². The van der Waals surface area contributed by atoms with Crippen LogP contribution in [0.1, 0.15) is 23.4 Å². The fraction of sp³-hybridized carbons (Fsp3) is 0.526. The highest BCUT2D eigenvalue weighted by atomic mass is 32.2. The smallest absolute Gasteiger partial charge is 0.259 e. The van der Waals surface area contributed by atoms with Crippen molar-refractivity contribution in [3.8, 4) is 11.5 Å². The SMILES string of the molecule is COc1cc2c(cc1OC)CN(CCCNS(=O)(=O)c1cn(C)c(C)n1)CC2. The van der Waals surface area contributed by atoms with Crippen LogP contribution in [-0.2, 0) is 30.0 Å². The van der Waals surface area contributed by atoms with E-state index in [4.69, 9.17) is 9.47 Å². The zero-order chi connectivity index (χ0) is 20.3. The Hall–Kier alpha value is -2.10. The summed E-state index contributed by atoms with van der Waals surface area (Å²) in [5.41, 5.74) is 2.51. The van der Waals surface area contributed by atoms with Gasteiger partial charge in [0.15, 0.2) is 16.5 Å². The second-order valence-electron chi connectivity index (χ2n) is 6.99. The van der Waals surface area contributed by atoms with E-state index in [1.807, 2.05) is 6.07 Å². The van der Waals surface area contributed by atoms with Gasteiger partial charge < -0.3 is 14.0 Å². The Morgan fingerprint density at radius 3 is 2.46 bits per heavy atom. The van der Waals surface area contributed by atoms with Crippen molar-refractivity contribution in [3.05, 3.63) is 35.3 Å². The minimum Gasteiger partial charge on any atom is -0.493 e. The summed E-state index contributed by atoms with van der Waals surface area (Å²) in [5, 5.41) is 0.0699. The van der Waals surface area contributed by atoms with Gasteiger partial charge in [-0.1, -0.05) is 0 Å². The Kier molecular flexibility index (Phi) is 6.26. The van der Waals surface area contributed by atoms with E-state index < -0.39 is 10.0 Å². The van der Waals surface area contributed by atoms with Gasteiger partial charge in [0.25, 0.3) is 10.0 Å². The molecular weight excluding hydrogens is 380 g/mol. The Labute approximate surface area is 166 Å². The molecule has 0 atom stereocenters. The van der Waals surface area contributed by atoms with Crippen LogP contribution >= 0.6 is 0 Å². The molecule has 154 valence electrons. The predicted octanol–water partition coefficient (Wildman–Crippen LogP) is 1.47. The predicted molar refractivity (Wildman–Crippen MR) is 106 cm³/mol. The van der Waals surface area contributed by atoms with Crippen LogP contribution in [0.3, 0.4) is 0 Å². The van der Waals surface area contributed by atoms with E-state index in [0.29, 0.717) is 12.4 Å². The van der Waals surface area contributed by atoms with Crippen LogP contribution < -0.4 is 14.2 Å². The van der Waals surface area contributed by atoms with Gasteiger partial charge in [-0.2, -0.15) is 0 Å². The summed E-state index contributed by atoms with van der Waals surface area (Å²) >= 11 is 0. The van der Waals surface area contributed by atoms with Gasteiger partial charge in [-0.05, 0) is 49.6 Å². The number of nitrogens with zero attached hydrogens (tertiary/aromatic N) is 3. The summed E-state index contributed by atoms with van der Waals surface area (Å²) in [7, 11) is 1.50. The summed E-state index contributed by atoms with van der Waals surface area (Å²) < 4.78 is 39.7. The first-order chi connectivity index (χ1) is 13.3. The van der Waals surface area contributed by atoms with Crippen molar-refractivity contribution in [2.24, 2.45) is 7.05 Å². The quantitative estimate of drug-likeness (QED) is 0.666. The second kappa shape index (κ2) is 8.50. The van der Waals surface area contributed by atoms with E-state index in [1.54, 1.807) is 32.8 Å². The van der Waals surface area contributed by atoms with Crippen LogP contribution in [0.25, 0.3) is 0 Å². The number of aromatic nitrogens is 2. The van der Waals surface area contributed by atoms with Crippen molar-refractivity contribution in [2.75, 3.05) is 33.9 Å². The van der Waals surface area contributed by atoms with Gasteiger partial charge in [-0.15, -0.1) is 0 Å². The molecule has 1 aromatic carbocycles. The normalized spacial score (nSPS) is 14.7. The van der Waals surface area contributed by atoms with Gasteiger partial charge in [0, 0.05) is 32.9 Å². The number of rotatable bonds is 8. The van der Waals surface area contributed by atoms with E-state index in [0.717, 1.165) is 44.0 Å². The summed E-state index contributed by atoms with van der Waals surface area (Å²) in [6.45, 7) is 4.74. The van der Waals surface area contributed by atoms with Crippen molar-refractivity contribution in [1.29, 1.82) is 0 Å². The van der Waals surface area contributed by atoms with Crippen LogP contribution in [0.15, 0.2) is 23.4 Å². The molecule has 0 spiro atoms. The average Bonchev–Trinajstić information content (AvgIpc) is 3.03. The molecule has 0 saturated carbocycles. The molecule has 0 bridgehead atoms. The molecule has 1 aliphatic heterocycles. The fourth-order valence-electron chi connectivity index (χ4n) is 3.37. The molecule has 2 aromatic rings. The van der Waals surface area contributed by atoms with Crippen LogP contribution in [0, 0.1) is 6.92 Å². The maximum atomic E-state index is 12.3.